The summed E-state index contributed by atoms with van der Waals surface area (Å²) in [7, 11) is 0. The number of rotatable bonds is 2. The van der Waals surface area contributed by atoms with Gasteiger partial charge < -0.3 is 19.6 Å². The molecule has 3 heterocycles. The fraction of sp³-hybridized carbons (Fsp3) is 0.545. The van der Waals surface area contributed by atoms with Crippen molar-refractivity contribution in [2.24, 2.45) is 5.41 Å². The second kappa shape index (κ2) is 6.92. The van der Waals surface area contributed by atoms with Crippen molar-refractivity contribution in [3.8, 4) is 0 Å². The number of benzene rings is 1. The second-order valence-corrected chi connectivity index (χ2v) is 9.15. The van der Waals surface area contributed by atoms with Gasteiger partial charge in [0.15, 0.2) is 0 Å². The lowest BCUT2D eigenvalue weighted by atomic mass is 9.86. The molecular weight excluding hydrogens is 354 g/mol. The van der Waals surface area contributed by atoms with Crippen LogP contribution in [0.1, 0.15) is 39.2 Å². The number of hydrogen-bond acceptors (Lipinski definition) is 5. The molecule has 2 aliphatic heterocycles. The van der Waals surface area contributed by atoms with Crippen molar-refractivity contribution >= 4 is 22.8 Å². The number of ether oxygens (including phenoxy) is 1. The topological polar surface area (TPSA) is 65.9 Å². The van der Waals surface area contributed by atoms with Crippen LogP contribution in [0.15, 0.2) is 30.3 Å². The Bertz CT molecular complexity index is 892. The number of amides is 1. The molecule has 0 aliphatic carbocycles. The normalized spacial score (nSPS) is 22.4. The first kappa shape index (κ1) is 19.0. The van der Waals surface area contributed by atoms with Crippen LogP contribution in [0.3, 0.4) is 0 Å². The number of likely N-dealkylation sites (tertiary alicyclic amines) is 1. The van der Waals surface area contributed by atoms with Crippen LogP contribution in [0.25, 0.3) is 10.9 Å². The van der Waals surface area contributed by atoms with Crippen molar-refractivity contribution in [1.29, 1.82) is 0 Å². The summed E-state index contributed by atoms with van der Waals surface area (Å²) < 4.78 is 5.55. The molecule has 4 rings (SSSR count). The lowest BCUT2D eigenvalue weighted by Crippen LogP contribution is -2.37. The number of fused-ring (bicyclic) bond motifs is 1. The van der Waals surface area contributed by atoms with Gasteiger partial charge in [-0.2, -0.15) is 0 Å². The fourth-order valence-electron chi connectivity index (χ4n) is 4.41. The summed E-state index contributed by atoms with van der Waals surface area (Å²) in [6, 6.07) is 10.0. The van der Waals surface area contributed by atoms with Gasteiger partial charge in [-0.15, -0.1) is 0 Å². The first-order chi connectivity index (χ1) is 13.3. The Labute approximate surface area is 166 Å². The third-order valence-corrected chi connectivity index (χ3v) is 5.78. The van der Waals surface area contributed by atoms with E-state index in [1.807, 2.05) is 56.0 Å². The van der Waals surface area contributed by atoms with E-state index in [1.165, 1.54) is 0 Å². The van der Waals surface area contributed by atoms with E-state index in [4.69, 9.17) is 9.72 Å². The number of hydrogen-bond donors (Lipinski definition) is 1. The van der Waals surface area contributed by atoms with Gasteiger partial charge in [-0.25, -0.2) is 9.78 Å². The summed E-state index contributed by atoms with van der Waals surface area (Å²) in [5, 5.41) is 10.9. The van der Waals surface area contributed by atoms with Crippen LogP contribution in [0.4, 0.5) is 10.6 Å². The van der Waals surface area contributed by atoms with E-state index in [9.17, 15) is 9.90 Å². The molecule has 1 atom stereocenters. The summed E-state index contributed by atoms with van der Waals surface area (Å²) in [4.78, 5) is 21.4. The highest BCUT2D eigenvalue weighted by atomic mass is 16.6. The van der Waals surface area contributed by atoms with E-state index in [0.29, 0.717) is 0 Å². The molecule has 150 valence electrons. The molecule has 0 radical (unpaired) electrons. The highest BCUT2D eigenvalue weighted by Crippen LogP contribution is 2.42. The molecule has 0 saturated carbocycles. The number of para-hydroxylation sites is 1. The van der Waals surface area contributed by atoms with Crippen LogP contribution in [-0.2, 0) is 11.3 Å². The predicted molar refractivity (Wildman–Crippen MR) is 109 cm³/mol. The summed E-state index contributed by atoms with van der Waals surface area (Å²) in [6.07, 6.45) is 1.78. The van der Waals surface area contributed by atoms with Gasteiger partial charge in [0.25, 0.3) is 0 Å². The monoisotopic (exact) mass is 383 g/mol. The van der Waals surface area contributed by atoms with Crippen molar-refractivity contribution in [2.75, 3.05) is 31.1 Å². The maximum absolute atomic E-state index is 12.4. The second-order valence-electron chi connectivity index (χ2n) is 9.15. The van der Waals surface area contributed by atoms with E-state index in [2.05, 4.69) is 4.90 Å². The van der Waals surface area contributed by atoms with Crippen molar-refractivity contribution in [3.05, 3.63) is 35.9 Å². The molecule has 1 aromatic carbocycles. The summed E-state index contributed by atoms with van der Waals surface area (Å²) in [6.45, 7) is 8.87. The predicted octanol–water partition coefficient (Wildman–Crippen LogP) is 3.56. The van der Waals surface area contributed by atoms with Gasteiger partial charge in [0.1, 0.15) is 11.4 Å². The number of aliphatic hydroxyl groups is 1. The molecule has 28 heavy (non-hydrogen) atoms. The van der Waals surface area contributed by atoms with E-state index in [-0.39, 0.29) is 18.1 Å². The highest BCUT2D eigenvalue weighted by molar-refractivity contribution is 5.82. The maximum atomic E-state index is 12.4. The van der Waals surface area contributed by atoms with Gasteiger partial charge in [-0.3, -0.25) is 0 Å². The van der Waals surface area contributed by atoms with Gasteiger partial charge >= 0.3 is 6.09 Å². The summed E-state index contributed by atoms with van der Waals surface area (Å²) in [5.74, 6) is 0.869. The van der Waals surface area contributed by atoms with Gasteiger partial charge in [-0.05, 0) is 45.7 Å². The van der Waals surface area contributed by atoms with Crippen LogP contribution in [-0.4, -0.2) is 52.9 Å². The zero-order valence-electron chi connectivity index (χ0n) is 16.9. The SMILES string of the molecule is CC(C)(C)OC(=O)N1CC[C@]2(CCN(c3nc4ccccc4cc3CO)C2)C1. The Balaban J connectivity index is 1.52. The van der Waals surface area contributed by atoms with Crippen LogP contribution in [0, 0.1) is 5.41 Å². The summed E-state index contributed by atoms with van der Waals surface area (Å²) in [5.41, 5.74) is 1.41. The minimum atomic E-state index is -0.473. The molecule has 0 unspecified atom stereocenters. The highest BCUT2D eigenvalue weighted by Gasteiger charge is 2.46. The van der Waals surface area contributed by atoms with E-state index < -0.39 is 5.60 Å². The van der Waals surface area contributed by atoms with Crippen LogP contribution in [0.5, 0.6) is 0 Å². The molecule has 1 aromatic heterocycles. The molecule has 2 aliphatic rings. The van der Waals surface area contributed by atoms with Crippen LogP contribution < -0.4 is 4.90 Å². The lowest BCUT2D eigenvalue weighted by molar-refractivity contribution is 0.0276. The van der Waals surface area contributed by atoms with Crippen molar-refractivity contribution in [3.63, 3.8) is 0 Å². The number of aromatic nitrogens is 1. The quantitative estimate of drug-likeness (QED) is 0.859. The molecule has 1 spiro atoms. The van der Waals surface area contributed by atoms with Gasteiger partial charge in [0, 0.05) is 42.5 Å². The fourth-order valence-corrected chi connectivity index (χ4v) is 4.41. The Kier molecular flexibility index (Phi) is 4.70. The molecule has 2 saturated heterocycles. The van der Waals surface area contributed by atoms with Crippen molar-refractivity contribution < 1.29 is 14.6 Å². The van der Waals surface area contributed by atoms with Crippen molar-refractivity contribution in [1.82, 2.24) is 9.88 Å². The zero-order valence-corrected chi connectivity index (χ0v) is 16.9. The average Bonchev–Trinajstić information content (AvgIpc) is 3.26. The largest absolute Gasteiger partial charge is 0.444 e. The van der Waals surface area contributed by atoms with Gasteiger partial charge in [0.05, 0.1) is 12.1 Å². The summed E-state index contributed by atoms with van der Waals surface area (Å²) >= 11 is 0. The third-order valence-electron chi connectivity index (χ3n) is 5.78. The van der Waals surface area contributed by atoms with E-state index in [1.54, 1.807) is 0 Å². The lowest BCUT2D eigenvalue weighted by Gasteiger charge is -2.27. The first-order valence-electron chi connectivity index (χ1n) is 10.0. The number of carbonyl (C=O) groups excluding carboxylic acids is 1. The molecule has 2 fully saturated rings. The minimum Gasteiger partial charge on any atom is -0.444 e. The Morgan fingerprint density at radius 2 is 1.96 bits per heavy atom. The Hall–Kier alpha value is -2.34. The number of carbonyl (C=O) groups is 1. The number of aliphatic hydroxyl groups excluding tert-OH is 1. The minimum absolute atomic E-state index is 0.0271. The number of pyridine rings is 1. The van der Waals surface area contributed by atoms with Crippen molar-refractivity contribution in [2.45, 2.75) is 45.8 Å². The smallest absolute Gasteiger partial charge is 0.410 e. The van der Waals surface area contributed by atoms with E-state index >= 15 is 0 Å². The molecule has 6 nitrogen and oxygen atoms in total. The average molecular weight is 383 g/mol. The molecule has 0 bridgehead atoms. The molecule has 1 amide bonds. The standard InChI is InChI=1S/C22H29N3O3/c1-21(2,3)28-20(27)25-11-9-22(15-25)8-10-24(14-22)19-17(13-26)12-16-6-4-5-7-18(16)23-19/h4-7,12,26H,8-11,13-15H2,1-3H3/t22-/m0/s1. The maximum Gasteiger partial charge on any atom is 0.410 e. The Morgan fingerprint density at radius 3 is 2.71 bits per heavy atom. The molecule has 1 N–H and O–H groups in total. The zero-order chi connectivity index (χ0) is 19.9. The Morgan fingerprint density at radius 1 is 1.21 bits per heavy atom. The van der Waals surface area contributed by atoms with Crippen LogP contribution in [0.2, 0.25) is 0 Å². The number of anilines is 1. The van der Waals surface area contributed by atoms with E-state index in [0.717, 1.165) is 61.3 Å². The first-order valence-corrected chi connectivity index (χ1v) is 10.0. The molecule has 6 heteroatoms. The molecule has 2 aromatic rings. The van der Waals surface area contributed by atoms with Gasteiger partial charge in [0.2, 0.25) is 0 Å². The van der Waals surface area contributed by atoms with Crippen LogP contribution >= 0.6 is 0 Å². The third kappa shape index (κ3) is 3.65. The van der Waals surface area contributed by atoms with Gasteiger partial charge in [-0.1, -0.05) is 18.2 Å². The number of nitrogens with zero attached hydrogens (tertiary/aromatic N) is 3. The molecular formula is C22H29N3O3.